The molecule has 0 N–H and O–H groups in total. The zero-order valence-electron chi connectivity index (χ0n) is 21.9. The number of ether oxygens (including phenoxy) is 4. The van der Waals surface area contributed by atoms with Gasteiger partial charge in [0.2, 0.25) is 0 Å². The number of carbonyl (C=O) groups excluding carboxylic acids is 1. The molecule has 2 heterocycles. The quantitative estimate of drug-likeness (QED) is 0.291. The number of carbonyl (C=O) groups is 1. The third-order valence-corrected chi connectivity index (χ3v) is 6.85. The molecule has 1 unspecified atom stereocenters. The largest absolute Gasteiger partial charge is 0.493 e. The average molecular weight is 535 g/mol. The molecule has 0 fully saturated rings. The first-order valence-electron chi connectivity index (χ1n) is 12.3. The van der Waals surface area contributed by atoms with E-state index in [4.69, 9.17) is 18.9 Å². The first kappa shape index (κ1) is 26.9. The highest BCUT2D eigenvalue weighted by Gasteiger charge is 2.33. The molecule has 4 rings (SSSR count). The minimum atomic E-state index is -0.698. The van der Waals surface area contributed by atoms with Crippen molar-refractivity contribution in [3.05, 3.63) is 97.2 Å². The maximum absolute atomic E-state index is 13.8. The minimum absolute atomic E-state index is 0.209. The molecule has 1 aliphatic rings. The second kappa shape index (κ2) is 12.0. The number of methoxy groups -OCH3 is 1. The van der Waals surface area contributed by atoms with E-state index < -0.39 is 12.0 Å². The van der Waals surface area contributed by atoms with Gasteiger partial charge in [-0.05, 0) is 62.2 Å². The number of hydrogen-bond acceptors (Lipinski definition) is 8. The van der Waals surface area contributed by atoms with Gasteiger partial charge >= 0.3 is 5.97 Å². The summed E-state index contributed by atoms with van der Waals surface area (Å²) in [5.74, 6) is 1.36. The average Bonchev–Trinajstić information content (AvgIpc) is 3.22. The molecular weight excluding hydrogens is 504 g/mol. The van der Waals surface area contributed by atoms with E-state index in [0.717, 1.165) is 11.1 Å². The van der Waals surface area contributed by atoms with Crippen molar-refractivity contribution in [1.29, 1.82) is 0 Å². The van der Waals surface area contributed by atoms with Gasteiger partial charge in [0.15, 0.2) is 16.3 Å². The van der Waals surface area contributed by atoms with E-state index in [9.17, 15) is 9.59 Å². The van der Waals surface area contributed by atoms with Crippen LogP contribution in [0.1, 0.15) is 37.9 Å². The zero-order valence-corrected chi connectivity index (χ0v) is 22.7. The standard InChI is InChI=1S/C29H30N2O6S/c1-6-15-37-21-12-10-20(11-13-21)26-25(28(33)36-8-3)18(4)30-29-31(26)27(32)24(38-29)17-19-9-14-22(35-7-2)23(16-19)34-5/h6,9-14,16-17,26H,1,7-8,15H2,2-5H3. The number of benzene rings is 2. The molecule has 198 valence electrons. The fourth-order valence-electron chi connectivity index (χ4n) is 4.21. The van der Waals surface area contributed by atoms with Crippen LogP contribution in [0.25, 0.3) is 6.08 Å². The molecule has 0 saturated heterocycles. The fourth-order valence-corrected chi connectivity index (χ4v) is 5.26. The molecule has 0 bridgehead atoms. The molecule has 38 heavy (non-hydrogen) atoms. The number of hydrogen-bond donors (Lipinski definition) is 0. The maximum atomic E-state index is 13.8. The zero-order chi connectivity index (χ0) is 27.2. The van der Waals surface area contributed by atoms with Crippen LogP contribution in [0.3, 0.4) is 0 Å². The molecule has 0 radical (unpaired) electrons. The topological polar surface area (TPSA) is 88.4 Å². The van der Waals surface area contributed by atoms with Crippen LogP contribution >= 0.6 is 11.3 Å². The van der Waals surface area contributed by atoms with Gasteiger partial charge in [-0.15, -0.1) is 0 Å². The Balaban J connectivity index is 1.86. The molecule has 0 amide bonds. The lowest BCUT2D eigenvalue weighted by atomic mass is 9.96. The second-order valence-corrected chi connectivity index (χ2v) is 9.32. The highest BCUT2D eigenvalue weighted by atomic mass is 32.1. The minimum Gasteiger partial charge on any atom is -0.493 e. The Morgan fingerprint density at radius 2 is 1.87 bits per heavy atom. The molecule has 9 heteroatoms. The van der Waals surface area contributed by atoms with Crippen LogP contribution in [0.4, 0.5) is 0 Å². The summed E-state index contributed by atoms with van der Waals surface area (Å²) in [5.41, 5.74) is 2.10. The SMILES string of the molecule is C=CCOc1ccc(C2C(C(=O)OCC)=C(C)N=c3sc(=Cc4ccc(OCC)c(OC)c4)c(=O)n32)cc1. The van der Waals surface area contributed by atoms with Crippen LogP contribution < -0.4 is 29.1 Å². The van der Waals surface area contributed by atoms with E-state index in [2.05, 4.69) is 11.6 Å². The summed E-state index contributed by atoms with van der Waals surface area (Å²) >= 11 is 1.26. The van der Waals surface area contributed by atoms with Crippen LogP contribution in [0.2, 0.25) is 0 Å². The number of allylic oxidation sites excluding steroid dienone is 1. The van der Waals surface area contributed by atoms with E-state index >= 15 is 0 Å². The molecule has 3 aromatic rings. The predicted octanol–water partition coefficient (Wildman–Crippen LogP) is 3.77. The number of fused-ring (bicyclic) bond motifs is 1. The van der Waals surface area contributed by atoms with Gasteiger partial charge in [0.25, 0.3) is 5.56 Å². The lowest BCUT2D eigenvalue weighted by molar-refractivity contribution is -0.139. The van der Waals surface area contributed by atoms with Gasteiger partial charge in [0.1, 0.15) is 12.4 Å². The number of rotatable bonds is 10. The lowest BCUT2D eigenvalue weighted by Gasteiger charge is -2.24. The van der Waals surface area contributed by atoms with Gasteiger partial charge in [-0.3, -0.25) is 9.36 Å². The summed E-state index contributed by atoms with van der Waals surface area (Å²) in [4.78, 5) is 32.0. The Bertz CT molecular complexity index is 1550. The van der Waals surface area contributed by atoms with Gasteiger partial charge in [0, 0.05) is 0 Å². The summed E-state index contributed by atoms with van der Waals surface area (Å²) in [6, 6.07) is 12.1. The molecule has 2 aromatic carbocycles. The fraction of sp³-hybridized carbons (Fsp3) is 0.276. The van der Waals surface area contributed by atoms with Gasteiger partial charge in [-0.2, -0.15) is 0 Å². The van der Waals surface area contributed by atoms with Crippen LogP contribution in [-0.4, -0.2) is 37.5 Å². The molecule has 0 spiro atoms. The van der Waals surface area contributed by atoms with Crippen molar-refractivity contribution >= 4 is 23.4 Å². The maximum Gasteiger partial charge on any atom is 0.338 e. The van der Waals surface area contributed by atoms with E-state index in [1.54, 1.807) is 49.8 Å². The highest BCUT2D eigenvalue weighted by Crippen LogP contribution is 2.32. The van der Waals surface area contributed by atoms with E-state index in [1.807, 2.05) is 37.3 Å². The van der Waals surface area contributed by atoms with Crippen LogP contribution in [0.15, 0.2) is 76.2 Å². The van der Waals surface area contributed by atoms with Crippen molar-refractivity contribution < 1.29 is 23.7 Å². The number of thiazole rings is 1. The molecule has 1 aromatic heterocycles. The predicted molar refractivity (Wildman–Crippen MR) is 147 cm³/mol. The van der Waals surface area contributed by atoms with E-state index in [0.29, 0.717) is 51.1 Å². The summed E-state index contributed by atoms with van der Waals surface area (Å²) in [7, 11) is 1.57. The van der Waals surface area contributed by atoms with Crippen molar-refractivity contribution in [3.8, 4) is 17.2 Å². The normalized spacial score (nSPS) is 14.9. The van der Waals surface area contributed by atoms with E-state index in [-0.39, 0.29) is 12.2 Å². The van der Waals surface area contributed by atoms with Crippen LogP contribution in [-0.2, 0) is 9.53 Å². The highest BCUT2D eigenvalue weighted by molar-refractivity contribution is 7.07. The van der Waals surface area contributed by atoms with Crippen LogP contribution in [0, 0.1) is 0 Å². The van der Waals surface area contributed by atoms with E-state index in [1.165, 1.54) is 11.3 Å². The van der Waals surface area contributed by atoms with Crippen LogP contribution in [0.5, 0.6) is 17.2 Å². The number of esters is 1. The Hall–Kier alpha value is -4.11. The molecule has 8 nitrogen and oxygen atoms in total. The summed E-state index contributed by atoms with van der Waals surface area (Å²) < 4.78 is 24.1. The molecule has 0 saturated carbocycles. The Morgan fingerprint density at radius 3 is 2.53 bits per heavy atom. The molecule has 1 atom stereocenters. The first-order valence-corrected chi connectivity index (χ1v) is 13.1. The van der Waals surface area contributed by atoms with Crippen molar-refractivity contribution in [2.45, 2.75) is 26.8 Å². The summed E-state index contributed by atoms with van der Waals surface area (Å²) in [6.07, 6.45) is 3.45. The number of aromatic nitrogens is 1. The summed E-state index contributed by atoms with van der Waals surface area (Å²) in [6.45, 7) is 10.2. The van der Waals surface area contributed by atoms with Gasteiger partial charge < -0.3 is 18.9 Å². The molecular formula is C29H30N2O6S. The van der Waals surface area contributed by atoms with Crippen molar-refractivity contribution in [2.24, 2.45) is 4.99 Å². The summed E-state index contributed by atoms with van der Waals surface area (Å²) in [5, 5.41) is 0. The van der Waals surface area contributed by atoms with Gasteiger partial charge in [-0.25, -0.2) is 9.79 Å². The number of nitrogens with zero attached hydrogens (tertiary/aromatic N) is 2. The van der Waals surface area contributed by atoms with Crippen molar-refractivity contribution in [2.75, 3.05) is 26.9 Å². The third-order valence-electron chi connectivity index (χ3n) is 5.87. The smallest absolute Gasteiger partial charge is 0.338 e. The van der Waals surface area contributed by atoms with Crippen molar-refractivity contribution in [3.63, 3.8) is 0 Å². The monoisotopic (exact) mass is 534 g/mol. The second-order valence-electron chi connectivity index (χ2n) is 8.31. The Morgan fingerprint density at radius 1 is 1.11 bits per heavy atom. The van der Waals surface area contributed by atoms with Gasteiger partial charge in [-0.1, -0.05) is 42.2 Å². The molecule has 0 aliphatic carbocycles. The first-order chi connectivity index (χ1) is 18.4. The van der Waals surface area contributed by atoms with Crippen molar-refractivity contribution in [1.82, 2.24) is 4.57 Å². The Labute approximate surface area is 224 Å². The Kier molecular flexibility index (Phi) is 8.48. The van der Waals surface area contributed by atoms with Gasteiger partial charge in [0.05, 0.1) is 42.2 Å². The molecule has 1 aliphatic heterocycles. The third kappa shape index (κ3) is 5.43. The lowest BCUT2D eigenvalue weighted by Crippen LogP contribution is -2.39.